The largest absolute Gasteiger partial charge is 0.328 e. The van der Waals surface area contributed by atoms with E-state index in [1.54, 1.807) is 0 Å². The van der Waals surface area contributed by atoms with Gasteiger partial charge < -0.3 is 0 Å². The Labute approximate surface area is 152 Å². The number of carbonyl (C=O) groups excluding carboxylic acids is 3. The number of amides is 4. The fourth-order valence-electron chi connectivity index (χ4n) is 3.91. The number of barbiturate groups is 1. The summed E-state index contributed by atoms with van der Waals surface area (Å²) in [5.74, 6) is -0.140. The van der Waals surface area contributed by atoms with Crippen molar-refractivity contribution in [1.29, 1.82) is 0 Å². The molecule has 5 heteroatoms. The molecule has 0 radical (unpaired) electrons. The number of urea groups is 1. The molecule has 4 amide bonds. The van der Waals surface area contributed by atoms with Crippen LogP contribution in [-0.4, -0.2) is 17.8 Å². The minimum atomic E-state index is -1.10. The summed E-state index contributed by atoms with van der Waals surface area (Å²) >= 11 is 0. The summed E-state index contributed by atoms with van der Waals surface area (Å²) in [4.78, 5) is 37.2. The summed E-state index contributed by atoms with van der Waals surface area (Å²) in [6, 6.07) is -0.686. The van der Waals surface area contributed by atoms with Crippen LogP contribution in [0.25, 0.3) is 0 Å². The topological polar surface area (TPSA) is 75.3 Å². The number of hydrogen-bond donors (Lipinski definition) is 2. The number of hydrogen-bond acceptors (Lipinski definition) is 3. The first-order chi connectivity index (χ1) is 11.9. The predicted molar refractivity (Wildman–Crippen MR) is 100.0 cm³/mol. The first kappa shape index (κ1) is 21.7. The van der Waals surface area contributed by atoms with Crippen LogP contribution in [0.4, 0.5) is 4.79 Å². The molecule has 1 rings (SSSR count). The second-order valence-electron chi connectivity index (χ2n) is 7.56. The van der Waals surface area contributed by atoms with Crippen molar-refractivity contribution in [3.8, 4) is 0 Å². The van der Waals surface area contributed by atoms with Crippen molar-refractivity contribution in [2.75, 3.05) is 0 Å². The molecule has 0 aromatic carbocycles. The number of unbranched alkanes of at least 4 members (excludes halogenated alkanes) is 2. The van der Waals surface area contributed by atoms with Gasteiger partial charge in [0.25, 0.3) is 0 Å². The third-order valence-electron chi connectivity index (χ3n) is 5.68. The molecule has 0 aromatic heterocycles. The van der Waals surface area contributed by atoms with Gasteiger partial charge in [-0.15, -0.1) is 0 Å². The number of carbonyl (C=O) groups is 3. The maximum atomic E-state index is 12.8. The summed E-state index contributed by atoms with van der Waals surface area (Å²) in [6.45, 7) is 8.54. The van der Waals surface area contributed by atoms with E-state index >= 15 is 0 Å². The monoisotopic (exact) mass is 352 g/mol. The van der Waals surface area contributed by atoms with Crippen LogP contribution >= 0.6 is 0 Å². The zero-order valence-electron chi connectivity index (χ0n) is 16.5. The maximum Gasteiger partial charge on any atom is 0.328 e. The Hall–Kier alpha value is -1.39. The molecule has 0 saturated carbocycles. The number of rotatable bonds is 12. The highest BCUT2D eigenvalue weighted by Gasteiger charge is 2.51. The lowest BCUT2D eigenvalue weighted by Crippen LogP contribution is -2.63. The standard InChI is InChI=1S/C20H36N2O3/c1-5-9-11-15(7-3)13-20(14-16(8-4)12-10-6-2)17(23)21-19(25)22-18(20)24/h15-16H,5-14H2,1-4H3,(H2,21,22,23,24,25). The SMILES string of the molecule is CCCCC(CC)CC1(CC(CC)CCCC)C(=O)NC(=O)NC1=O. The molecule has 0 aromatic rings. The quantitative estimate of drug-likeness (QED) is 0.506. The normalized spacial score (nSPS) is 19.3. The van der Waals surface area contributed by atoms with Gasteiger partial charge in [0, 0.05) is 0 Å². The molecule has 1 aliphatic heterocycles. The maximum absolute atomic E-state index is 12.8. The van der Waals surface area contributed by atoms with E-state index in [1.807, 2.05) is 0 Å². The molecule has 25 heavy (non-hydrogen) atoms. The zero-order chi connectivity index (χ0) is 18.9. The summed E-state index contributed by atoms with van der Waals surface area (Å²) in [5.41, 5.74) is -1.10. The van der Waals surface area contributed by atoms with Crippen molar-refractivity contribution in [3.63, 3.8) is 0 Å². The van der Waals surface area contributed by atoms with E-state index in [9.17, 15) is 14.4 Å². The summed E-state index contributed by atoms with van der Waals surface area (Å²) < 4.78 is 0. The van der Waals surface area contributed by atoms with Crippen LogP contribution in [0.15, 0.2) is 0 Å². The Kier molecular flexibility index (Phi) is 9.15. The molecule has 2 unspecified atom stereocenters. The molecule has 0 aliphatic carbocycles. The molecule has 1 fully saturated rings. The Morgan fingerprint density at radius 1 is 0.760 bits per heavy atom. The highest BCUT2D eigenvalue weighted by molar-refractivity contribution is 6.19. The molecule has 2 atom stereocenters. The van der Waals surface area contributed by atoms with Crippen LogP contribution in [0.2, 0.25) is 0 Å². The van der Waals surface area contributed by atoms with Gasteiger partial charge in [0.1, 0.15) is 5.41 Å². The Morgan fingerprint density at radius 3 is 1.48 bits per heavy atom. The lowest BCUT2D eigenvalue weighted by Gasteiger charge is -2.38. The van der Waals surface area contributed by atoms with Gasteiger partial charge in [0.2, 0.25) is 11.8 Å². The van der Waals surface area contributed by atoms with Crippen molar-refractivity contribution >= 4 is 17.8 Å². The summed E-state index contributed by atoms with van der Waals surface area (Å²) in [6.07, 6.45) is 9.43. The van der Waals surface area contributed by atoms with Crippen molar-refractivity contribution in [2.45, 2.75) is 91.9 Å². The van der Waals surface area contributed by atoms with E-state index in [0.29, 0.717) is 24.7 Å². The van der Waals surface area contributed by atoms with Crippen molar-refractivity contribution < 1.29 is 14.4 Å². The smallest absolute Gasteiger partial charge is 0.277 e. The lowest BCUT2D eigenvalue weighted by atomic mass is 9.68. The van der Waals surface area contributed by atoms with E-state index in [2.05, 4.69) is 38.3 Å². The van der Waals surface area contributed by atoms with Crippen LogP contribution in [0.3, 0.4) is 0 Å². The third kappa shape index (κ3) is 5.82. The molecule has 2 N–H and O–H groups in total. The highest BCUT2D eigenvalue weighted by Crippen LogP contribution is 2.40. The fourth-order valence-corrected chi connectivity index (χ4v) is 3.91. The van der Waals surface area contributed by atoms with Gasteiger partial charge in [0.15, 0.2) is 0 Å². The molecule has 144 valence electrons. The summed E-state index contributed by atoms with van der Waals surface area (Å²) in [5, 5.41) is 4.72. The van der Waals surface area contributed by atoms with Gasteiger partial charge in [-0.05, 0) is 24.7 Å². The fraction of sp³-hybridized carbons (Fsp3) is 0.850. The molecule has 1 aliphatic rings. The molecule has 1 saturated heterocycles. The Balaban J connectivity index is 3.05. The number of nitrogens with one attached hydrogen (secondary N) is 2. The molecule has 0 bridgehead atoms. The van der Waals surface area contributed by atoms with E-state index in [-0.39, 0.29) is 0 Å². The molecular formula is C20H36N2O3. The van der Waals surface area contributed by atoms with Gasteiger partial charge in [0.05, 0.1) is 0 Å². The first-order valence-electron chi connectivity index (χ1n) is 10.1. The van der Waals surface area contributed by atoms with Gasteiger partial charge in [-0.3, -0.25) is 20.2 Å². The van der Waals surface area contributed by atoms with Crippen LogP contribution in [0, 0.1) is 17.3 Å². The molecule has 0 spiro atoms. The van der Waals surface area contributed by atoms with Crippen LogP contribution < -0.4 is 10.6 Å². The third-order valence-corrected chi connectivity index (χ3v) is 5.68. The average molecular weight is 353 g/mol. The minimum absolute atomic E-state index is 0.327. The van der Waals surface area contributed by atoms with Crippen LogP contribution in [0.1, 0.15) is 91.9 Å². The van der Waals surface area contributed by atoms with Crippen molar-refractivity contribution in [2.24, 2.45) is 17.3 Å². The van der Waals surface area contributed by atoms with Gasteiger partial charge in [-0.25, -0.2) is 4.79 Å². The second-order valence-corrected chi connectivity index (χ2v) is 7.56. The van der Waals surface area contributed by atoms with Crippen molar-refractivity contribution in [1.82, 2.24) is 10.6 Å². The van der Waals surface area contributed by atoms with E-state index in [1.165, 1.54) is 0 Å². The molecule has 1 heterocycles. The molecule has 5 nitrogen and oxygen atoms in total. The Morgan fingerprint density at radius 2 is 1.16 bits per heavy atom. The van der Waals surface area contributed by atoms with E-state index in [4.69, 9.17) is 0 Å². The molecular weight excluding hydrogens is 316 g/mol. The minimum Gasteiger partial charge on any atom is -0.277 e. The van der Waals surface area contributed by atoms with Gasteiger partial charge in [-0.1, -0.05) is 79.1 Å². The predicted octanol–water partition coefficient (Wildman–Crippen LogP) is 4.55. The lowest BCUT2D eigenvalue weighted by molar-refractivity contribution is -0.147. The average Bonchev–Trinajstić information content (AvgIpc) is 2.59. The van der Waals surface area contributed by atoms with E-state index in [0.717, 1.165) is 51.4 Å². The summed E-state index contributed by atoms with van der Waals surface area (Å²) in [7, 11) is 0. The van der Waals surface area contributed by atoms with Crippen LogP contribution in [0.5, 0.6) is 0 Å². The first-order valence-corrected chi connectivity index (χ1v) is 10.1. The van der Waals surface area contributed by atoms with Gasteiger partial charge in [-0.2, -0.15) is 0 Å². The second kappa shape index (κ2) is 10.6. The van der Waals surface area contributed by atoms with Crippen LogP contribution in [-0.2, 0) is 9.59 Å². The highest BCUT2D eigenvalue weighted by atomic mass is 16.2. The number of imide groups is 2. The Bertz CT molecular complexity index is 422. The zero-order valence-corrected chi connectivity index (χ0v) is 16.5. The van der Waals surface area contributed by atoms with Gasteiger partial charge >= 0.3 is 6.03 Å². The van der Waals surface area contributed by atoms with Crippen molar-refractivity contribution in [3.05, 3.63) is 0 Å². The van der Waals surface area contributed by atoms with E-state index < -0.39 is 23.3 Å².